The van der Waals surface area contributed by atoms with Gasteiger partial charge in [-0.15, -0.1) is 0 Å². The molecule has 8 heteroatoms. The molecule has 1 atom stereocenters. The first-order chi connectivity index (χ1) is 9.49. The maximum absolute atomic E-state index is 12.0. The van der Waals surface area contributed by atoms with Crippen LogP contribution in [-0.2, 0) is 9.59 Å². The van der Waals surface area contributed by atoms with Crippen molar-refractivity contribution in [2.24, 2.45) is 5.92 Å². The van der Waals surface area contributed by atoms with Crippen molar-refractivity contribution in [3.05, 3.63) is 6.07 Å². The second-order valence-electron chi connectivity index (χ2n) is 4.50. The number of rotatable bonds is 4. The highest BCUT2D eigenvalue weighted by atomic mass is 32.2. The first-order valence-corrected chi connectivity index (χ1v) is 7.10. The molecule has 0 aromatic carbocycles. The van der Waals surface area contributed by atoms with Crippen LogP contribution in [0.15, 0.2) is 6.07 Å². The van der Waals surface area contributed by atoms with Crippen molar-refractivity contribution in [1.82, 2.24) is 9.97 Å². The molecule has 0 aliphatic carbocycles. The predicted octanol–water partition coefficient (Wildman–Crippen LogP) is 0.700. The van der Waals surface area contributed by atoms with E-state index < -0.39 is 0 Å². The number of hydrogen-bond donors (Lipinski definition) is 1. The Kier molecular flexibility index (Phi) is 4.43. The van der Waals surface area contributed by atoms with Gasteiger partial charge in [-0.3, -0.25) is 14.5 Å². The number of nitrogens with two attached hydrogens (primary N) is 1. The average molecular weight is 296 g/mol. The summed E-state index contributed by atoms with van der Waals surface area (Å²) in [6.45, 7) is 2.05. The smallest absolute Gasteiger partial charge is 0.228 e. The summed E-state index contributed by atoms with van der Waals surface area (Å²) in [6, 6.07) is 1.58. The Hall–Kier alpha value is -1.83. The van der Waals surface area contributed by atoms with E-state index in [1.165, 1.54) is 25.8 Å². The van der Waals surface area contributed by atoms with Crippen molar-refractivity contribution in [2.45, 2.75) is 13.3 Å². The van der Waals surface area contributed by atoms with E-state index in [2.05, 4.69) is 9.97 Å². The average Bonchev–Trinajstić information content (AvgIpc) is 2.77. The molecular formula is C12H16N4O3S. The third-order valence-electron chi connectivity index (χ3n) is 2.92. The van der Waals surface area contributed by atoms with E-state index in [1.807, 2.05) is 0 Å². The third kappa shape index (κ3) is 3.38. The van der Waals surface area contributed by atoms with Crippen molar-refractivity contribution < 1.29 is 14.3 Å². The molecular weight excluding hydrogens is 280 g/mol. The molecule has 1 aliphatic heterocycles. The number of anilines is 2. The zero-order valence-electron chi connectivity index (χ0n) is 11.3. The maximum Gasteiger partial charge on any atom is 0.228 e. The van der Waals surface area contributed by atoms with Gasteiger partial charge in [0.2, 0.25) is 17.7 Å². The molecule has 1 fully saturated rings. The highest BCUT2D eigenvalue weighted by molar-refractivity contribution is 8.13. The lowest BCUT2D eigenvalue weighted by Gasteiger charge is -2.16. The fraction of sp³-hybridized carbons (Fsp3) is 0.500. The van der Waals surface area contributed by atoms with Crippen LogP contribution in [0.2, 0.25) is 0 Å². The minimum absolute atomic E-state index is 0.0284. The molecule has 2 heterocycles. The predicted molar refractivity (Wildman–Crippen MR) is 76.6 cm³/mol. The highest BCUT2D eigenvalue weighted by Crippen LogP contribution is 2.28. The Morgan fingerprint density at radius 2 is 2.35 bits per heavy atom. The van der Waals surface area contributed by atoms with E-state index in [1.54, 1.807) is 11.0 Å². The number of thioether (sulfide) groups is 1. The Balaban J connectivity index is 2.11. The van der Waals surface area contributed by atoms with E-state index >= 15 is 0 Å². The summed E-state index contributed by atoms with van der Waals surface area (Å²) in [4.78, 5) is 32.5. The minimum Gasteiger partial charge on any atom is -0.481 e. The molecule has 1 aromatic heterocycles. The second kappa shape index (κ2) is 6.08. The standard InChI is InChI=1S/C12H16N4O3S/c1-7(17)20-6-8-3-11(18)16(5-8)9-4-10(19-2)15-12(13)14-9/h4,8H,3,5-6H2,1-2H3,(H2,13,14,15). The van der Waals surface area contributed by atoms with E-state index in [4.69, 9.17) is 10.5 Å². The number of carbonyl (C=O) groups is 2. The molecule has 108 valence electrons. The third-order valence-corrected chi connectivity index (χ3v) is 3.96. The minimum atomic E-state index is -0.0284. The SMILES string of the molecule is COc1cc(N2CC(CSC(C)=O)CC2=O)nc(N)n1. The van der Waals surface area contributed by atoms with Crippen LogP contribution in [0.1, 0.15) is 13.3 Å². The summed E-state index contributed by atoms with van der Waals surface area (Å²) >= 11 is 1.24. The van der Waals surface area contributed by atoms with Crippen LogP contribution in [0, 0.1) is 5.92 Å². The van der Waals surface area contributed by atoms with Crippen molar-refractivity contribution in [3.8, 4) is 5.88 Å². The molecule has 0 spiro atoms. The van der Waals surface area contributed by atoms with Gasteiger partial charge in [-0.1, -0.05) is 11.8 Å². The van der Waals surface area contributed by atoms with Gasteiger partial charge in [0.15, 0.2) is 5.12 Å². The van der Waals surface area contributed by atoms with Crippen molar-refractivity contribution in [3.63, 3.8) is 0 Å². The van der Waals surface area contributed by atoms with Gasteiger partial charge in [0.25, 0.3) is 0 Å². The van der Waals surface area contributed by atoms with E-state index in [-0.39, 0.29) is 22.9 Å². The lowest BCUT2D eigenvalue weighted by molar-refractivity contribution is -0.117. The molecule has 1 unspecified atom stereocenters. The van der Waals surface area contributed by atoms with Gasteiger partial charge in [0.1, 0.15) is 5.82 Å². The molecule has 7 nitrogen and oxygen atoms in total. The molecule has 20 heavy (non-hydrogen) atoms. The number of methoxy groups -OCH3 is 1. The van der Waals surface area contributed by atoms with Crippen molar-refractivity contribution in [1.29, 1.82) is 0 Å². The van der Waals surface area contributed by atoms with Gasteiger partial charge in [0, 0.05) is 31.7 Å². The van der Waals surface area contributed by atoms with Crippen molar-refractivity contribution in [2.75, 3.05) is 30.0 Å². The zero-order valence-corrected chi connectivity index (χ0v) is 12.1. The Morgan fingerprint density at radius 1 is 1.60 bits per heavy atom. The zero-order chi connectivity index (χ0) is 14.7. The van der Waals surface area contributed by atoms with Crippen LogP contribution in [-0.4, -0.2) is 40.4 Å². The fourth-order valence-corrected chi connectivity index (χ4v) is 2.72. The van der Waals surface area contributed by atoms with Crippen LogP contribution in [0.25, 0.3) is 0 Å². The molecule has 1 saturated heterocycles. The lowest BCUT2D eigenvalue weighted by Crippen LogP contribution is -2.26. The molecule has 0 radical (unpaired) electrons. The van der Waals surface area contributed by atoms with E-state index in [0.29, 0.717) is 30.4 Å². The Labute approximate surface area is 120 Å². The van der Waals surface area contributed by atoms with E-state index in [9.17, 15) is 9.59 Å². The molecule has 2 rings (SSSR count). The molecule has 2 N–H and O–H groups in total. The molecule has 0 saturated carbocycles. The summed E-state index contributed by atoms with van der Waals surface area (Å²) < 4.78 is 5.02. The van der Waals surface area contributed by atoms with Gasteiger partial charge in [-0.2, -0.15) is 9.97 Å². The number of nitrogen functional groups attached to an aromatic ring is 1. The van der Waals surface area contributed by atoms with Crippen LogP contribution in [0.5, 0.6) is 5.88 Å². The van der Waals surface area contributed by atoms with Crippen LogP contribution in [0.4, 0.5) is 11.8 Å². The molecule has 1 aliphatic rings. The first-order valence-electron chi connectivity index (χ1n) is 6.12. The fourth-order valence-electron chi connectivity index (χ4n) is 2.02. The summed E-state index contributed by atoms with van der Waals surface area (Å²) in [5.41, 5.74) is 5.59. The number of amides is 1. The highest BCUT2D eigenvalue weighted by Gasteiger charge is 2.32. The monoisotopic (exact) mass is 296 g/mol. The van der Waals surface area contributed by atoms with Crippen LogP contribution in [0.3, 0.4) is 0 Å². The largest absolute Gasteiger partial charge is 0.481 e. The quantitative estimate of drug-likeness (QED) is 0.873. The number of aromatic nitrogens is 2. The van der Waals surface area contributed by atoms with E-state index in [0.717, 1.165) is 0 Å². The molecule has 0 bridgehead atoms. The summed E-state index contributed by atoms with van der Waals surface area (Å²) in [5, 5.41) is 0.0591. The Morgan fingerprint density at radius 3 is 3.00 bits per heavy atom. The molecule has 1 amide bonds. The number of nitrogens with zero attached hydrogens (tertiary/aromatic N) is 3. The molecule has 1 aromatic rings. The number of carbonyl (C=O) groups excluding carboxylic acids is 2. The second-order valence-corrected chi connectivity index (χ2v) is 5.70. The normalized spacial score (nSPS) is 18.4. The van der Waals surface area contributed by atoms with Gasteiger partial charge >= 0.3 is 0 Å². The van der Waals surface area contributed by atoms with Crippen LogP contribution >= 0.6 is 11.8 Å². The summed E-state index contributed by atoms with van der Waals surface area (Å²) in [6.07, 6.45) is 0.409. The van der Waals surface area contributed by atoms with Gasteiger partial charge in [-0.05, 0) is 5.92 Å². The van der Waals surface area contributed by atoms with Gasteiger partial charge in [0.05, 0.1) is 7.11 Å². The van der Waals surface area contributed by atoms with Gasteiger partial charge in [-0.25, -0.2) is 0 Å². The first kappa shape index (κ1) is 14.6. The van der Waals surface area contributed by atoms with Crippen LogP contribution < -0.4 is 15.4 Å². The summed E-state index contributed by atoms with van der Waals surface area (Å²) in [5.74, 6) is 1.57. The lowest BCUT2D eigenvalue weighted by atomic mass is 10.1. The summed E-state index contributed by atoms with van der Waals surface area (Å²) in [7, 11) is 1.48. The number of ether oxygens (including phenoxy) is 1. The Bertz CT molecular complexity index is 537. The van der Waals surface area contributed by atoms with Crippen molar-refractivity contribution >= 4 is 34.6 Å². The van der Waals surface area contributed by atoms with Gasteiger partial charge < -0.3 is 10.5 Å². The number of hydrogen-bond acceptors (Lipinski definition) is 7. The topological polar surface area (TPSA) is 98.4 Å². The maximum atomic E-state index is 12.0.